The van der Waals surface area contributed by atoms with Crippen molar-refractivity contribution in [2.24, 2.45) is 0 Å². The van der Waals surface area contributed by atoms with Crippen molar-refractivity contribution in [2.75, 3.05) is 0 Å². The Morgan fingerprint density at radius 3 is 2.70 bits per heavy atom. The number of benzene rings is 1. The van der Waals surface area contributed by atoms with E-state index in [0.717, 1.165) is 31.2 Å². The van der Waals surface area contributed by atoms with Gasteiger partial charge in [-0.15, -0.1) is 0 Å². The number of rotatable bonds is 4. The van der Waals surface area contributed by atoms with Crippen molar-refractivity contribution in [1.82, 2.24) is 14.3 Å². The normalized spacial score (nSPS) is 18.1. The van der Waals surface area contributed by atoms with Crippen molar-refractivity contribution in [3.8, 4) is 11.6 Å². The van der Waals surface area contributed by atoms with Gasteiger partial charge in [0, 0.05) is 12.2 Å². The number of thioether (sulfide) groups is 1. The summed E-state index contributed by atoms with van der Waals surface area (Å²) in [5.41, 5.74) is 1.12. The smallest absolute Gasteiger partial charge is 0.269 e. The van der Waals surface area contributed by atoms with Crippen LogP contribution < -0.4 is 10.3 Å². The molecule has 2 aromatic heterocycles. The molecule has 1 aromatic carbocycles. The molecule has 2 fully saturated rings. The van der Waals surface area contributed by atoms with Crippen LogP contribution in [0.1, 0.15) is 36.8 Å². The topological polar surface area (TPSA) is 63.9 Å². The molecule has 0 atom stereocenters. The molecule has 5 rings (SSSR count). The molecule has 0 bridgehead atoms. The molecular weight excluding hydrogens is 478 g/mol. The van der Waals surface area contributed by atoms with Gasteiger partial charge in [0.15, 0.2) is 0 Å². The number of hydrogen-bond donors (Lipinski definition) is 0. The van der Waals surface area contributed by atoms with Gasteiger partial charge >= 0.3 is 0 Å². The van der Waals surface area contributed by atoms with Crippen LogP contribution in [0.4, 0.5) is 0 Å². The van der Waals surface area contributed by atoms with Crippen molar-refractivity contribution >= 4 is 57.5 Å². The van der Waals surface area contributed by atoms with Crippen molar-refractivity contribution in [1.29, 1.82) is 0 Å². The molecule has 1 saturated carbocycles. The predicted octanol–water partition coefficient (Wildman–Crippen LogP) is 5.59. The molecule has 9 heteroatoms. The quantitative estimate of drug-likeness (QED) is 0.345. The zero-order valence-corrected chi connectivity index (χ0v) is 20.2. The third-order valence-electron chi connectivity index (χ3n) is 5.88. The molecule has 1 aliphatic carbocycles. The molecule has 1 saturated heterocycles. The van der Waals surface area contributed by atoms with E-state index in [1.807, 2.05) is 13.0 Å². The van der Waals surface area contributed by atoms with Gasteiger partial charge in [0.1, 0.15) is 21.3 Å². The average Bonchev–Trinajstić information content (AvgIpc) is 3.41. The van der Waals surface area contributed by atoms with Crippen molar-refractivity contribution in [2.45, 2.75) is 38.6 Å². The lowest BCUT2D eigenvalue weighted by Crippen LogP contribution is -2.36. The Morgan fingerprint density at radius 2 is 1.94 bits per heavy atom. The summed E-state index contributed by atoms with van der Waals surface area (Å²) in [6.45, 7) is 1.87. The van der Waals surface area contributed by atoms with Crippen molar-refractivity contribution < 1.29 is 9.53 Å². The standard InChI is InChI=1S/C24H20ClN3O3S2/c1-14-7-6-12-27-20(14)26-21(31-18-11-5-4-10-17(18)25)16(22(27)29)13-19-23(30)28(24(32)33-19)15-8-2-3-9-15/h4-7,10-13,15H,2-3,8-9H2,1H3/b19-13+. The number of thiocarbonyl (C=S) groups is 1. The van der Waals surface area contributed by atoms with Gasteiger partial charge in [-0.3, -0.25) is 18.9 Å². The number of carbonyl (C=O) groups excluding carboxylic acids is 1. The summed E-state index contributed by atoms with van der Waals surface area (Å²) in [5.74, 6) is 0.292. The molecule has 0 radical (unpaired) electrons. The number of pyridine rings is 1. The van der Waals surface area contributed by atoms with E-state index in [0.29, 0.717) is 25.6 Å². The largest absolute Gasteiger partial charge is 0.437 e. The number of ether oxygens (including phenoxy) is 1. The summed E-state index contributed by atoms with van der Waals surface area (Å²) in [5, 5.41) is 0.391. The summed E-state index contributed by atoms with van der Waals surface area (Å²) < 4.78 is 8.00. The fourth-order valence-corrected chi connectivity index (χ4v) is 5.77. The number of aryl methyl sites for hydroxylation is 1. The molecule has 0 N–H and O–H groups in total. The van der Waals surface area contributed by atoms with Gasteiger partial charge < -0.3 is 4.74 Å². The lowest BCUT2D eigenvalue weighted by atomic mass is 10.2. The fraction of sp³-hybridized carbons (Fsp3) is 0.250. The molecule has 33 heavy (non-hydrogen) atoms. The number of amides is 1. The number of halogens is 1. The van der Waals surface area contributed by atoms with E-state index >= 15 is 0 Å². The van der Waals surface area contributed by atoms with E-state index in [2.05, 4.69) is 4.98 Å². The third kappa shape index (κ3) is 4.07. The molecule has 6 nitrogen and oxygen atoms in total. The number of fused-ring (bicyclic) bond motifs is 1. The van der Waals surface area contributed by atoms with E-state index < -0.39 is 0 Å². The van der Waals surface area contributed by atoms with Gasteiger partial charge in [-0.25, -0.2) is 0 Å². The molecular formula is C24H20ClN3O3S2. The molecule has 2 aliphatic rings. The van der Waals surface area contributed by atoms with Crippen LogP contribution in [0.3, 0.4) is 0 Å². The minimum atomic E-state index is -0.336. The van der Waals surface area contributed by atoms with E-state index in [-0.39, 0.29) is 29.0 Å². The zero-order chi connectivity index (χ0) is 23.1. The van der Waals surface area contributed by atoms with E-state index in [4.69, 9.17) is 28.6 Å². The maximum absolute atomic E-state index is 13.5. The summed E-state index contributed by atoms with van der Waals surface area (Å²) in [4.78, 5) is 33.4. The molecule has 3 aromatic rings. The second-order valence-electron chi connectivity index (χ2n) is 8.04. The minimum absolute atomic E-state index is 0.0912. The lowest BCUT2D eigenvalue weighted by Gasteiger charge is -2.21. The molecule has 0 spiro atoms. The SMILES string of the molecule is Cc1cccn2c(=O)c(/C=C3/SC(=S)N(C4CCCC4)C3=O)c(Oc3ccccc3Cl)nc12. The van der Waals surface area contributed by atoms with Crippen LogP contribution >= 0.6 is 35.6 Å². The third-order valence-corrected chi connectivity index (χ3v) is 7.52. The van der Waals surface area contributed by atoms with Crippen LogP contribution in [0.2, 0.25) is 5.02 Å². The van der Waals surface area contributed by atoms with Crippen LogP contribution in [0.5, 0.6) is 11.6 Å². The number of para-hydroxylation sites is 1. The highest BCUT2D eigenvalue weighted by Gasteiger charge is 2.38. The molecule has 1 aliphatic heterocycles. The number of aromatic nitrogens is 2. The van der Waals surface area contributed by atoms with Crippen molar-refractivity contribution in [3.05, 3.63) is 74.0 Å². The highest BCUT2D eigenvalue weighted by Crippen LogP contribution is 2.39. The Kier molecular flexibility index (Phi) is 5.99. The van der Waals surface area contributed by atoms with Crippen LogP contribution in [-0.2, 0) is 4.79 Å². The molecule has 168 valence electrons. The van der Waals surface area contributed by atoms with Crippen LogP contribution in [0.15, 0.2) is 52.3 Å². The first-order valence-electron chi connectivity index (χ1n) is 10.7. The lowest BCUT2D eigenvalue weighted by molar-refractivity contribution is -0.123. The van der Waals surface area contributed by atoms with E-state index in [1.165, 1.54) is 16.2 Å². The molecule has 0 unspecified atom stereocenters. The van der Waals surface area contributed by atoms with Crippen molar-refractivity contribution in [3.63, 3.8) is 0 Å². The Labute approximate surface area is 205 Å². The first kappa shape index (κ1) is 22.1. The van der Waals surface area contributed by atoms with Gasteiger partial charge in [0.25, 0.3) is 11.5 Å². The maximum Gasteiger partial charge on any atom is 0.269 e. The number of carbonyl (C=O) groups is 1. The highest BCUT2D eigenvalue weighted by molar-refractivity contribution is 8.26. The Balaban J connectivity index is 1.64. The second kappa shape index (κ2) is 8.93. The number of hydrogen-bond acceptors (Lipinski definition) is 6. The summed E-state index contributed by atoms with van der Waals surface area (Å²) >= 11 is 13.0. The van der Waals surface area contributed by atoms with Gasteiger partial charge in [-0.05, 0) is 49.6 Å². The zero-order valence-electron chi connectivity index (χ0n) is 17.8. The molecule has 1 amide bonds. The predicted molar refractivity (Wildman–Crippen MR) is 135 cm³/mol. The van der Waals surface area contributed by atoms with Crippen LogP contribution in [0, 0.1) is 6.92 Å². The first-order chi connectivity index (χ1) is 15.9. The summed E-state index contributed by atoms with van der Waals surface area (Å²) in [6.07, 6.45) is 7.26. The molecule has 3 heterocycles. The Hall–Kier alpha value is -2.68. The number of nitrogens with zero attached hydrogens (tertiary/aromatic N) is 3. The monoisotopic (exact) mass is 497 g/mol. The summed E-state index contributed by atoms with van der Waals surface area (Å²) in [6, 6.07) is 10.7. The Morgan fingerprint density at radius 1 is 1.18 bits per heavy atom. The second-order valence-corrected chi connectivity index (χ2v) is 10.1. The highest BCUT2D eigenvalue weighted by atomic mass is 35.5. The first-order valence-corrected chi connectivity index (χ1v) is 12.3. The Bertz CT molecular complexity index is 1380. The van der Waals surface area contributed by atoms with E-state index in [1.54, 1.807) is 47.5 Å². The van der Waals surface area contributed by atoms with Crippen LogP contribution in [0.25, 0.3) is 11.7 Å². The van der Waals surface area contributed by atoms with Gasteiger partial charge in [0.2, 0.25) is 5.88 Å². The fourth-order valence-electron chi connectivity index (χ4n) is 4.21. The average molecular weight is 498 g/mol. The maximum atomic E-state index is 13.5. The van der Waals surface area contributed by atoms with Gasteiger partial charge in [-0.1, -0.05) is 66.6 Å². The van der Waals surface area contributed by atoms with Gasteiger partial charge in [-0.2, -0.15) is 4.98 Å². The van der Waals surface area contributed by atoms with Gasteiger partial charge in [0.05, 0.1) is 9.93 Å². The van der Waals surface area contributed by atoms with Crippen LogP contribution in [-0.4, -0.2) is 30.6 Å². The minimum Gasteiger partial charge on any atom is -0.437 e. The van der Waals surface area contributed by atoms with E-state index in [9.17, 15) is 9.59 Å². The summed E-state index contributed by atoms with van der Waals surface area (Å²) in [7, 11) is 0.